The number of pyridine rings is 2. The Morgan fingerprint density at radius 3 is 2.44 bits per heavy atom. The summed E-state index contributed by atoms with van der Waals surface area (Å²) in [5.74, 6) is -5.12. The summed E-state index contributed by atoms with van der Waals surface area (Å²) in [4.78, 5) is 30.3. The Morgan fingerprint density at radius 1 is 1.18 bits per heavy atom. The van der Waals surface area contributed by atoms with Crippen LogP contribution in [0.5, 0.6) is 5.88 Å². The molecule has 0 bridgehead atoms. The number of rotatable bonds is 6. The van der Waals surface area contributed by atoms with Crippen LogP contribution in [0.15, 0.2) is 24.4 Å². The first kappa shape index (κ1) is 24.9. The minimum absolute atomic E-state index is 0.182. The van der Waals surface area contributed by atoms with Crippen molar-refractivity contribution in [1.82, 2.24) is 25.9 Å². The lowest BCUT2D eigenvalue weighted by Gasteiger charge is -2.22. The number of halogens is 8. The molecule has 3 amide bonds. The topological polar surface area (TPSA) is 105 Å². The molecule has 2 aromatic heterocycles. The number of aromatic nitrogens is 2. The molecule has 1 unspecified atom stereocenters. The van der Waals surface area contributed by atoms with Crippen LogP contribution in [-0.2, 0) is 11.0 Å². The highest BCUT2D eigenvalue weighted by atomic mass is 19.4. The van der Waals surface area contributed by atoms with Crippen molar-refractivity contribution in [2.45, 2.75) is 24.4 Å². The van der Waals surface area contributed by atoms with Gasteiger partial charge in [-0.05, 0) is 18.2 Å². The van der Waals surface area contributed by atoms with Crippen LogP contribution >= 0.6 is 0 Å². The van der Waals surface area contributed by atoms with Crippen molar-refractivity contribution < 1.29 is 49.4 Å². The highest BCUT2D eigenvalue weighted by molar-refractivity contribution is 5.90. The molecule has 0 saturated carbocycles. The maximum atomic E-state index is 14.3. The first-order valence-corrected chi connectivity index (χ1v) is 9.18. The third kappa shape index (κ3) is 5.99. The normalized spacial score (nSPS) is 17.1. The van der Waals surface area contributed by atoms with Crippen molar-refractivity contribution in [3.63, 3.8) is 0 Å². The summed E-state index contributed by atoms with van der Waals surface area (Å²) in [6, 6.07) is -1.75. The van der Waals surface area contributed by atoms with Gasteiger partial charge >= 0.3 is 18.4 Å². The van der Waals surface area contributed by atoms with E-state index in [0.29, 0.717) is 12.1 Å². The zero-order valence-corrected chi connectivity index (χ0v) is 16.5. The molecule has 34 heavy (non-hydrogen) atoms. The van der Waals surface area contributed by atoms with Crippen molar-refractivity contribution in [1.29, 1.82) is 0 Å². The fourth-order valence-corrected chi connectivity index (χ4v) is 2.86. The van der Waals surface area contributed by atoms with E-state index in [0.717, 1.165) is 12.3 Å². The van der Waals surface area contributed by atoms with Crippen LogP contribution in [0, 0.1) is 11.6 Å². The minimum atomic E-state index is -5.21. The smallest absolute Gasteiger partial charge is 0.436 e. The van der Waals surface area contributed by atoms with Crippen molar-refractivity contribution >= 4 is 11.9 Å². The standard InChI is InChI=1S/C18H13F8N5O3/c19-8-1-2-10(29-13(8)18(24,25)26)12(31-14(32)11-5-28-16(33)30-11)7-3-9(20)15(27-4-7)34-6-17(21,22)23/h1-4,11-12H,5-6H2,(H,31,32)(H2,28,30,33)/t11-,12?/m0/s1. The first-order chi connectivity index (χ1) is 15.7. The second-order valence-corrected chi connectivity index (χ2v) is 6.87. The predicted octanol–water partition coefficient (Wildman–Crippen LogP) is 2.60. The van der Waals surface area contributed by atoms with Crippen molar-refractivity contribution in [2.75, 3.05) is 13.2 Å². The van der Waals surface area contributed by atoms with Crippen LogP contribution < -0.4 is 20.7 Å². The molecule has 3 N–H and O–H groups in total. The molecule has 1 fully saturated rings. The zero-order chi connectivity index (χ0) is 25.3. The molecule has 0 spiro atoms. The van der Waals surface area contributed by atoms with Gasteiger partial charge in [-0.2, -0.15) is 26.3 Å². The van der Waals surface area contributed by atoms with Gasteiger partial charge in [0.05, 0.1) is 11.7 Å². The minimum Gasteiger partial charge on any atom is -0.466 e. The molecule has 2 aromatic rings. The van der Waals surface area contributed by atoms with Gasteiger partial charge in [-0.15, -0.1) is 0 Å². The Morgan fingerprint density at radius 2 is 1.88 bits per heavy atom. The molecule has 0 aromatic carbocycles. The third-order valence-corrected chi connectivity index (χ3v) is 4.34. The van der Waals surface area contributed by atoms with Gasteiger partial charge in [0, 0.05) is 18.3 Å². The lowest BCUT2D eigenvalue weighted by atomic mass is 10.0. The molecular weight excluding hydrogens is 486 g/mol. The van der Waals surface area contributed by atoms with Gasteiger partial charge in [0.15, 0.2) is 23.9 Å². The number of amides is 3. The fourth-order valence-electron chi connectivity index (χ4n) is 2.86. The third-order valence-electron chi connectivity index (χ3n) is 4.34. The quantitative estimate of drug-likeness (QED) is 0.531. The number of nitrogens with one attached hydrogen (secondary N) is 3. The number of alkyl halides is 6. The fraction of sp³-hybridized carbons (Fsp3) is 0.333. The second-order valence-electron chi connectivity index (χ2n) is 6.87. The Balaban J connectivity index is 1.98. The van der Waals surface area contributed by atoms with E-state index in [-0.39, 0.29) is 12.1 Å². The van der Waals surface area contributed by atoms with Gasteiger partial charge in [0.25, 0.3) is 5.88 Å². The van der Waals surface area contributed by atoms with E-state index in [4.69, 9.17) is 0 Å². The van der Waals surface area contributed by atoms with Gasteiger partial charge < -0.3 is 20.7 Å². The molecule has 2 atom stereocenters. The van der Waals surface area contributed by atoms with E-state index in [2.05, 4.69) is 30.7 Å². The van der Waals surface area contributed by atoms with Crippen LogP contribution in [-0.4, -0.2) is 47.3 Å². The van der Waals surface area contributed by atoms with E-state index >= 15 is 0 Å². The van der Waals surface area contributed by atoms with Gasteiger partial charge in [-0.25, -0.2) is 23.5 Å². The van der Waals surface area contributed by atoms with E-state index in [9.17, 15) is 44.7 Å². The summed E-state index contributed by atoms with van der Waals surface area (Å²) >= 11 is 0. The highest BCUT2D eigenvalue weighted by Gasteiger charge is 2.38. The van der Waals surface area contributed by atoms with Crippen LogP contribution in [0.2, 0.25) is 0 Å². The number of urea groups is 1. The average molecular weight is 499 g/mol. The summed E-state index contributed by atoms with van der Waals surface area (Å²) in [7, 11) is 0. The number of carbonyl (C=O) groups is 2. The molecule has 8 nitrogen and oxygen atoms in total. The monoisotopic (exact) mass is 499 g/mol. The molecule has 1 aliphatic rings. The summed E-state index contributed by atoms with van der Waals surface area (Å²) in [6.07, 6.45) is -9.27. The average Bonchev–Trinajstić information content (AvgIpc) is 3.16. The second kappa shape index (κ2) is 9.26. The number of ether oxygens (including phenoxy) is 1. The molecule has 1 saturated heterocycles. The van der Waals surface area contributed by atoms with Crippen molar-refractivity contribution in [2.24, 2.45) is 0 Å². The molecule has 3 rings (SSSR count). The molecule has 3 heterocycles. The summed E-state index contributed by atoms with van der Waals surface area (Å²) in [5.41, 5.74) is -2.86. The number of nitrogens with zero attached hydrogens (tertiary/aromatic N) is 2. The van der Waals surface area contributed by atoms with Gasteiger partial charge in [0.2, 0.25) is 5.91 Å². The Hall–Kier alpha value is -3.72. The van der Waals surface area contributed by atoms with Crippen LogP contribution in [0.25, 0.3) is 0 Å². The maximum Gasteiger partial charge on any atom is 0.436 e. The number of hydrogen-bond acceptors (Lipinski definition) is 5. The van der Waals surface area contributed by atoms with Gasteiger partial charge in [0.1, 0.15) is 6.04 Å². The predicted molar refractivity (Wildman–Crippen MR) is 95.3 cm³/mol. The molecule has 0 radical (unpaired) electrons. The lowest BCUT2D eigenvalue weighted by molar-refractivity contribution is -0.154. The first-order valence-electron chi connectivity index (χ1n) is 9.18. The molecule has 184 valence electrons. The zero-order valence-electron chi connectivity index (χ0n) is 16.5. The van der Waals surface area contributed by atoms with Crippen molar-refractivity contribution in [3.8, 4) is 5.88 Å². The van der Waals surface area contributed by atoms with E-state index in [1.807, 2.05) is 0 Å². The summed E-state index contributed by atoms with van der Waals surface area (Å²) in [5, 5.41) is 6.74. The van der Waals surface area contributed by atoms with Crippen LogP contribution in [0.1, 0.15) is 23.0 Å². The van der Waals surface area contributed by atoms with Gasteiger partial charge in [-0.3, -0.25) is 4.79 Å². The number of hydrogen-bond donors (Lipinski definition) is 3. The largest absolute Gasteiger partial charge is 0.466 e. The van der Waals surface area contributed by atoms with E-state index in [1.54, 1.807) is 0 Å². The maximum absolute atomic E-state index is 14.3. The Kier molecular flexibility index (Phi) is 6.79. The Bertz CT molecular complexity index is 1090. The summed E-state index contributed by atoms with van der Waals surface area (Å²) < 4.78 is 108. The molecule has 0 aliphatic carbocycles. The number of carbonyl (C=O) groups excluding carboxylic acids is 2. The molecular formula is C18H13F8N5O3. The van der Waals surface area contributed by atoms with Crippen LogP contribution in [0.4, 0.5) is 39.9 Å². The lowest BCUT2D eigenvalue weighted by Crippen LogP contribution is -2.44. The SMILES string of the molecule is O=C1NC[C@@H](C(=O)NC(c2cnc(OCC(F)(F)F)c(F)c2)c2ccc(F)c(C(F)(F)F)n2)N1. The van der Waals surface area contributed by atoms with E-state index < -0.39 is 71.9 Å². The summed E-state index contributed by atoms with van der Waals surface area (Å²) in [6.45, 7) is -2.04. The van der Waals surface area contributed by atoms with Gasteiger partial charge in [-0.1, -0.05) is 0 Å². The van der Waals surface area contributed by atoms with E-state index in [1.165, 1.54) is 0 Å². The van der Waals surface area contributed by atoms with Crippen LogP contribution in [0.3, 0.4) is 0 Å². The molecule has 16 heteroatoms. The molecule has 1 aliphatic heterocycles. The Labute approximate surface area is 184 Å². The highest BCUT2D eigenvalue weighted by Crippen LogP contribution is 2.32. The van der Waals surface area contributed by atoms with Crippen molar-refractivity contribution in [3.05, 3.63) is 53.0 Å².